The highest BCUT2D eigenvalue weighted by Gasteiger charge is 2.24. The van der Waals surface area contributed by atoms with Gasteiger partial charge in [0, 0.05) is 53.7 Å². The highest BCUT2D eigenvalue weighted by Crippen LogP contribution is 2.35. The number of pyridine rings is 1. The monoisotopic (exact) mass is 428 g/mol. The van der Waals surface area contributed by atoms with Crippen LogP contribution in [0.2, 0.25) is 0 Å². The maximum atomic E-state index is 13.2. The Kier molecular flexibility index (Phi) is 5.63. The number of rotatable bonds is 5. The quantitative estimate of drug-likeness (QED) is 0.505. The topological polar surface area (TPSA) is 52.2 Å². The Labute approximate surface area is 186 Å². The van der Waals surface area contributed by atoms with Crippen molar-refractivity contribution in [2.45, 2.75) is 16.3 Å². The Balaban J connectivity index is 1.33. The van der Waals surface area contributed by atoms with Crippen molar-refractivity contribution in [3.05, 3.63) is 84.6 Å². The normalized spacial score (nSPS) is 14.2. The van der Waals surface area contributed by atoms with Crippen LogP contribution in [0.25, 0.3) is 10.9 Å². The van der Waals surface area contributed by atoms with E-state index in [4.69, 9.17) is 0 Å². The third-order valence-corrected chi connectivity index (χ3v) is 6.73. The largest absolute Gasteiger partial charge is 0.353 e. The number of nitrogens with zero attached hydrogens (tertiary/aromatic N) is 3. The zero-order valence-corrected chi connectivity index (χ0v) is 18.0. The van der Waals surface area contributed by atoms with E-state index >= 15 is 0 Å². The van der Waals surface area contributed by atoms with Crippen molar-refractivity contribution in [2.75, 3.05) is 31.1 Å². The van der Waals surface area contributed by atoms with Crippen molar-refractivity contribution in [1.29, 1.82) is 0 Å². The summed E-state index contributed by atoms with van der Waals surface area (Å²) in [6, 6.07) is 24.5. The predicted octanol–water partition coefficient (Wildman–Crippen LogP) is 4.61. The number of hydrogen-bond acceptors (Lipinski definition) is 4. The van der Waals surface area contributed by atoms with Crippen LogP contribution in [0.1, 0.15) is 5.56 Å². The van der Waals surface area contributed by atoms with Crippen molar-refractivity contribution in [3.63, 3.8) is 0 Å². The molecule has 1 N–H and O–H groups in total. The van der Waals surface area contributed by atoms with Gasteiger partial charge in [-0.2, -0.15) is 0 Å². The number of H-pyrrole nitrogens is 1. The van der Waals surface area contributed by atoms with E-state index < -0.39 is 0 Å². The lowest BCUT2D eigenvalue weighted by atomic mass is 10.1. The Morgan fingerprint density at radius 1 is 0.903 bits per heavy atom. The summed E-state index contributed by atoms with van der Waals surface area (Å²) in [5.74, 6) is 1.16. The minimum absolute atomic E-state index is 0.181. The second-order valence-electron chi connectivity index (χ2n) is 7.63. The lowest BCUT2D eigenvalue weighted by molar-refractivity contribution is -0.130. The van der Waals surface area contributed by atoms with E-state index in [1.54, 1.807) is 11.8 Å². The molecule has 0 unspecified atom stereocenters. The Hall–Kier alpha value is -3.25. The lowest BCUT2D eigenvalue weighted by Crippen LogP contribution is -2.49. The van der Waals surface area contributed by atoms with Gasteiger partial charge in [0.2, 0.25) is 5.91 Å². The first kappa shape index (κ1) is 19.7. The number of piperazine rings is 1. The first-order valence-corrected chi connectivity index (χ1v) is 11.4. The van der Waals surface area contributed by atoms with Crippen LogP contribution in [0.4, 0.5) is 5.82 Å². The van der Waals surface area contributed by atoms with Crippen LogP contribution in [0, 0.1) is 0 Å². The van der Waals surface area contributed by atoms with E-state index in [1.807, 2.05) is 59.6 Å². The number of benzene rings is 2. The van der Waals surface area contributed by atoms with Crippen LogP contribution in [0.5, 0.6) is 0 Å². The molecule has 1 aliphatic rings. The fraction of sp³-hybridized carbons (Fsp3) is 0.200. The van der Waals surface area contributed by atoms with E-state index in [0.717, 1.165) is 58.4 Å². The average molecular weight is 429 g/mol. The van der Waals surface area contributed by atoms with Crippen LogP contribution in [-0.2, 0) is 11.2 Å². The summed E-state index contributed by atoms with van der Waals surface area (Å²) < 4.78 is 0. The molecular weight excluding hydrogens is 404 g/mol. The fourth-order valence-corrected chi connectivity index (χ4v) is 5.03. The summed E-state index contributed by atoms with van der Waals surface area (Å²) in [6.45, 7) is 3.06. The number of aromatic nitrogens is 2. The van der Waals surface area contributed by atoms with Crippen LogP contribution in [-0.4, -0.2) is 47.0 Å². The molecule has 0 spiro atoms. The van der Waals surface area contributed by atoms with Gasteiger partial charge in [0.15, 0.2) is 0 Å². The molecule has 2 aromatic heterocycles. The van der Waals surface area contributed by atoms with Gasteiger partial charge in [0.1, 0.15) is 5.82 Å². The molecule has 6 heteroatoms. The molecule has 1 saturated heterocycles. The first-order chi connectivity index (χ1) is 15.3. The fourth-order valence-electron chi connectivity index (χ4n) is 4.03. The maximum Gasteiger partial charge on any atom is 0.227 e. The van der Waals surface area contributed by atoms with Gasteiger partial charge in [0.05, 0.1) is 11.4 Å². The zero-order valence-electron chi connectivity index (χ0n) is 17.2. The van der Waals surface area contributed by atoms with Gasteiger partial charge in [-0.15, -0.1) is 0 Å². The lowest BCUT2D eigenvalue weighted by Gasteiger charge is -2.35. The van der Waals surface area contributed by atoms with Gasteiger partial charge in [-0.3, -0.25) is 4.79 Å². The van der Waals surface area contributed by atoms with Crippen LogP contribution in [0.3, 0.4) is 0 Å². The van der Waals surface area contributed by atoms with Gasteiger partial charge < -0.3 is 14.8 Å². The van der Waals surface area contributed by atoms with E-state index in [9.17, 15) is 4.79 Å². The number of para-hydroxylation sites is 1. The predicted molar refractivity (Wildman–Crippen MR) is 126 cm³/mol. The summed E-state index contributed by atoms with van der Waals surface area (Å²) in [4.78, 5) is 26.6. The molecule has 4 aromatic rings. The van der Waals surface area contributed by atoms with Gasteiger partial charge in [-0.1, -0.05) is 54.2 Å². The van der Waals surface area contributed by atoms with Crippen molar-refractivity contribution in [1.82, 2.24) is 14.9 Å². The van der Waals surface area contributed by atoms with Gasteiger partial charge in [0.25, 0.3) is 0 Å². The van der Waals surface area contributed by atoms with Gasteiger partial charge >= 0.3 is 0 Å². The summed E-state index contributed by atoms with van der Waals surface area (Å²) in [6.07, 6.45) is 2.22. The maximum absolute atomic E-state index is 13.2. The molecule has 31 heavy (non-hydrogen) atoms. The number of nitrogens with one attached hydrogen (secondary N) is 1. The summed E-state index contributed by atoms with van der Waals surface area (Å²) in [5.41, 5.74) is 2.16. The summed E-state index contributed by atoms with van der Waals surface area (Å²) >= 11 is 1.68. The number of anilines is 1. The van der Waals surface area contributed by atoms with Gasteiger partial charge in [-0.05, 0) is 30.3 Å². The second kappa shape index (κ2) is 8.86. The number of carbonyl (C=O) groups is 1. The molecule has 156 valence electrons. The van der Waals surface area contributed by atoms with E-state index in [1.165, 1.54) is 0 Å². The van der Waals surface area contributed by atoms with E-state index in [2.05, 4.69) is 39.1 Å². The number of aromatic amines is 1. The second-order valence-corrected chi connectivity index (χ2v) is 8.71. The Morgan fingerprint density at radius 2 is 1.65 bits per heavy atom. The molecule has 1 aliphatic heterocycles. The molecule has 1 fully saturated rings. The van der Waals surface area contributed by atoms with Crippen molar-refractivity contribution >= 4 is 34.4 Å². The zero-order chi connectivity index (χ0) is 21.0. The molecule has 0 aliphatic carbocycles. The third-order valence-electron chi connectivity index (χ3n) is 5.67. The first-order valence-electron chi connectivity index (χ1n) is 10.5. The van der Waals surface area contributed by atoms with Crippen molar-refractivity contribution < 1.29 is 4.79 Å². The molecule has 5 rings (SSSR count). The molecule has 0 atom stereocenters. The third kappa shape index (κ3) is 4.30. The molecular formula is C25H24N4OS. The Bertz CT molecular complexity index is 1170. The highest BCUT2D eigenvalue weighted by atomic mass is 32.2. The van der Waals surface area contributed by atoms with Crippen LogP contribution in [0.15, 0.2) is 88.9 Å². The highest BCUT2D eigenvalue weighted by molar-refractivity contribution is 7.99. The van der Waals surface area contributed by atoms with Crippen LogP contribution < -0.4 is 4.90 Å². The molecule has 0 bridgehead atoms. The number of hydrogen-bond donors (Lipinski definition) is 1. The summed E-state index contributed by atoms with van der Waals surface area (Å²) in [7, 11) is 0. The smallest absolute Gasteiger partial charge is 0.227 e. The van der Waals surface area contributed by atoms with Crippen molar-refractivity contribution in [3.8, 4) is 0 Å². The summed E-state index contributed by atoms with van der Waals surface area (Å²) in [5, 5.41) is 2.18. The SMILES string of the molecule is O=C(Cc1c(Sc2ccccc2)[nH]c2ccccc12)N1CCN(c2ccccn2)CC1. The molecule has 0 saturated carbocycles. The van der Waals surface area contributed by atoms with E-state index in [0.29, 0.717) is 6.42 Å². The molecule has 0 radical (unpaired) electrons. The minimum Gasteiger partial charge on any atom is -0.353 e. The molecule has 2 aromatic carbocycles. The molecule has 3 heterocycles. The minimum atomic E-state index is 0.181. The Morgan fingerprint density at radius 3 is 2.42 bits per heavy atom. The standard InChI is InChI=1S/C25H24N4OS/c30-24(29-16-14-28(15-17-29)23-12-6-7-13-26-23)18-21-20-10-4-5-11-22(20)27-25(21)31-19-8-2-1-3-9-19/h1-13,27H,14-18H2. The number of amides is 1. The average Bonchev–Trinajstić information content (AvgIpc) is 3.17. The van der Waals surface area contributed by atoms with Crippen LogP contribution >= 0.6 is 11.8 Å². The van der Waals surface area contributed by atoms with Crippen molar-refractivity contribution in [2.24, 2.45) is 0 Å². The number of fused-ring (bicyclic) bond motifs is 1. The molecule has 1 amide bonds. The van der Waals surface area contributed by atoms with Gasteiger partial charge in [-0.25, -0.2) is 4.98 Å². The number of carbonyl (C=O) groups excluding carboxylic acids is 1. The molecule has 5 nitrogen and oxygen atoms in total. The van der Waals surface area contributed by atoms with E-state index in [-0.39, 0.29) is 5.91 Å².